The zero-order valence-corrected chi connectivity index (χ0v) is 12.2. The van der Waals surface area contributed by atoms with Gasteiger partial charge in [0.05, 0.1) is 12.1 Å². The van der Waals surface area contributed by atoms with Crippen molar-refractivity contribution in [1.29, 1.82) is 0 Å². The number of hydrogen-bond acceptors (Lipinski definition) is 2. The van der Waals surface area contributed by atoms with Gasteiger partial charge in [-0.05, 0) is 43.5 Å². The monoisotopic (exact) mass is 274 g/mol. The van der Waals surface area contributed by atoms with E-state index in [-0.39, 0.29) is 12.4 Å². The number of likely N-dealkylation sites (tertiary alicyclic amines) is 1. The summed E-state index contributed by atoms with van der Waals surface area (Å²) in [5.41, 5.74) is 6.93. The molecule has 1 aliphatic heterocycles. The summed E-state index contributed by atoms with van der Waals surface area (Å²) in [6.45, 7) is 4.52. The topological polar surface area (TPSA) is 29.3 Å². The van der Waals surface area contributed by atoms with Crippen LogP contribution in [0.4, 0.5) is 4.39 Å². The molecule has 20 heavy (non-hydrogen) atoms. The highest BCUT2D eigenvalue weighted by Gasteiger charge is 2.20. The molecule has 0 amide bonds. The van der Waals surface area contributed by atoms with E-state index in [1.165, 1.54) is 31.7 Å². The van der Waals surface area contributed by atoms with E-state index in [9.17, 15) is 4.39 Å². The molecule has 0 aliphatic carbocycles. The van der Waals surface area contributed by atoms with E-state index < -0.39 is 0 Å². The molecule has 0 bridgehead atoms. The Kier molecular flexibility index (Phi) is 5.58. The molecule has 1 unspecified atom stereocenters. The number of benzene rings is 1. The van der Waals surface area contributed by atoms with Crippen LogP contribution in [0.1, 0.15) is 43.7 Å². The van der Waals surface area contributed by atoms with E-state index >= 15 is 0 Å². The minimum absolute atomic E-state index is 0.258. The Labute approximate surface area is 121 Å². The zero-order valence-electron chi connectivity index (χ0n) is 12.2. The molecule has 108 valence electrons. The fourth-order valence-corrected chi connectivity index (χ4v) is 2.88. The van der Waals surface area contributed by atoms with Gasteiger partial charge in [-0.15, -0.1) is 0 Å². The quantitative estimate of drug-likeness (QED) is 0.859. The van der Waals surface area contributed by atoms with Crippen molar-refractivity contribution in [3.63, 3.8) is 0 Å². The minimum Gasteiger partial charge on any atom is -0.320 e. The summed E-state index contributed by atoms with van der Waals surface area (Å²) >= 11 is 0. The van der Waals surface area contributed by atoms with E-state index in [4.69, 9.17) is 5.73 Å². The van der Waals surface area contributed by atoms with Crippen LogP contribution < -0.4 is 5.73 Å². The second-order valence-electron chi connectivity index (χ2n) is 5.35. The fourth-order valence-electron chi connectivity index (χ4n) is 2.88. The van der Waals surface area contributed by atoms with Crippen molar-refractivity contribution in [3.05, 3.63) is 35.1 Å². The summed E-state index contributed by atoms with van der Waals surface area (Å²) in [7, 11) is 0. The zero-order chi connectivity index (χ0) is 14.4. The van der Waals surface area contributed by atoms with Crippen LogP contribution >= 0.6 is 0 Å². The first-order valence-electron chi connectivity index (χ1n) is 7.46. The molecule has 3 heteroatoms. The average Bonchev–Trinajstić information content (AvgIpc) is 2.48. The van der Waals surface area contributed by atoms with Crippen LogP contribution in [0.3, 0.4) is 0 Å². The highest BCUT2D eigenvalue weighted by Crippen LogP contribution is 2.22. The lowest BCUT2D eigenvalue weighted by atomic mass is 9.99. The normalized spacial score (nSPS) is 19.4. The number of halogens is 1. The largest absolute Gasteiger partial charge is 0.320 e. The highest BCUT2D eigenvalue weighted by atomic mass is 19.1. The number of nitrogens with two attached hydrogens (primary N) is 1. The van der Waals surface area contributed by atoms with Gasteiger partial charge in [-0.3, -0.25) is 4.90 Å². The Morgan fingerprint density at radius 3 is 3.00 bits per heavy atom. The first kappa shape index (κ1) is 15.0. The van der Waals surface area contributed by atoms with Gasteiger partial charge in [0.15, 0.2) is 0 Å². The molecule has 1 aromatic carbocycles. The van der Waals surface area contributed by atoms with Crippen molar-refractivity contribution >= 4 is 0 Å². The maximum atomic E-state index is 13.7. The smallest absolute Gasteiger partial charge is 0.138 e. The van der Waals surface area contributed by atoms with E-state index in [0.29, 0.717) is 11.6 Å². The van der Waals surface area contributed by atoms with Gasteiger partial charge < -0.3 is 5.73 Å². The van der Waals surface area contributed by atoms with Crippen molar-refractivity contribution in [2.24, 2.45) is 5.73 Å². The van der Waals surface area contributed by atoms with E-state index in [1.807, 2.05) is 12.1 Å². The molecule has 0 spiro atoms. The van der Waals surface area contributed by atoms with Crippen LogP contribution in [0.15, 0.2) is 18.2 Å². The Hall–Kier alpha value is -1.37. The first-order chi connectivity index (χ1) is 9.74. The van der Waals surface area contributed by atoms with Gasteiger partial charge >= 0.3 is 0 Å². The third-order valence-corrected chi connectivity index (χ3v) is 3.96. The molecule has 1 aromatic rings. The lowest BCUT2D eigenvalue weighted by Gasteiger charge is -2.35. The maximum absolute atomic E-state index is 13.7. The Morgan fingerprint density at radius 2 is 2.25 bits per heavy atom. The number of nitrogens with zero attached hydrogens (tertiary/aromatic N) is 1. The van der Waals surface area contributed by atoms with Gasteiger partial charge in [0, 0.05) is 12.6 Å². The SMILES string of the molecule is CCC1CCCCN1Cc1ccc(F)c(C#CCN)c1. The van der Waals surface area contributed by atoms with E-state index in [2.05, 4.69) is 23.7 Å². The molecule has 1 atom stereocenters. The van der Waals surface area contributed by atoms with Crippen LogP contribution in [0.25, 0.3) is 0 Å². The van der Waals surface area contributed by atoms with Gasteiger partial charge in [0.2, 0.25) is 0 Å². The van der Waals surface area contributed by atoms with Crippen LogP contribution in [0.2, 0.25) is 0 Å². The molecular weight excluding hydrogens is 251 g/mol. The summed E-state index contributed by atoms with van der Waals surface area (Å²) in [6, 6.07) is 5.90. The third kappa shape index (κ3) is 3.82. The summed E-state index contributed by atoms with van der Waals surface area (Å²) in [5.74, 6) is 5.26. The fraction of sp³-hybridized carbons (Fsp3) is 0.529. The highest BCUT2D eigenvalue weighted by molar-refractivity contribution is 5.38. The first-order valence-corrected chi connectivity index (χ1v) is 7.46. The van der Waals surface area contributed by atoms with Gasteiger partial charge in [-0.1, -0.05) is 31.3 Å². The summed E-state index contributed by atoms with van der Waals surface area (Å²) in [4.78, 5) is 2.51. The van der Waals surface area contributed by atoms with E-state index in [1.54, 1.807) is 0 Å². The molecule has 1 aliphatic rings. The third-order valence-electron chi connectivity index (χ3n) is 3.96. The molecule has 1 heterocycles. The number of hydrogen-bond donors (Lipinski definition) is 1. The summed E-state index contributed by atoms with van der Waals surface area (Å²) in [5, 5.41) is 0. The van der Waals surface area contributed by atoms with Gasteiger partial charge in [0.25, 0.3) is 0 Å². The van der Waals surface area contributed by atoms with E-state index in [0.717, 1.165) is 18.7 Å². The second-order valence-corrected chi connectivity index (χ2v) is 5.35. The van der Waals surface area contributed by atoms with Crippen LogP contribution in [-0.2, 0) is 6.54 Å². The molecule has 0 aromatic heterocycles. The van der Waals surface area contributed by atoms with Crippen molar-refractivity contribution in [3.8, 4) is 11.8 Å². The number of rotatable bonds is 3. The lowest BCUT2D eigenvalue weighted by molar-refractivity contribution is 0.136. The molecule has 1 saturated heterocycles. The standard InChI is InChI=1S/C17H23FN2/c1-2-16-7-3-4-11-20(16)13-14-8-9-17(18)15(12-14)6-5-10-19/h8-9,12,16H,2-4,7,10-11,13,19H2,1H3. The van der Waals surface area contributed by atoms with Gasteiger partial charge in [-0.25, -0.2) is 4.39 Å². The molecule has 2 rings (SSSR count). The van der Waals surface area contributed by atoms with Crippen LogP contribution in [0.5, 0.6) is 0 Å². The van der Waals surface area contributed by atoms with Crippen molar-refractivity contribution in [1.82, 2.24) is 4.90 Å². The minimum atomic E-state index is -0.264. The van der Waals surface area contributed by atoms with Gasteiger partial charge in [-0.2, -0.15) is 0 Å². The Morgan fingerprint density at radius 1 is 1.40 bits per heavy atom. The predicted octanol–water partition coefficient (Wildman–Crippen LogP) is 2.90. The molecule has 0 radical (unpaired) electrons. The molecule has 0 saturated carbocycles. The number of piperidine rings is 1. The Bertz CT molecular complexity index is 501. The molecule has 1 fully saturated rings. The average molecular weight is 274 g/mol. The van der Waals surface area contributed by atoms with Crippen molar-refractivity contribution in [2.45, 2.75) is 45.2 Å². The summed E-state index contributed by atoms with van der Waals surface area (Å²) in [6.07, 6.45) is 5.04. The van der Waals surface area contributed by atoms with Crippen molar-refractivity contribution < 1.29 is 4.39 Å². The second kappa shape index (κ2) is 7.42. The lowest BCUT2D eigenvalue weighted by Crippen LogP contribution is -2.38. The van der Waals surface area contributed by atoms with Crippen LogP contribution in [0, 0.1) is 17.7 Å². The molecule has 2 nitrogen and oxygen atoms in total. The van der Waals surface area contributed by atoms with Crippen molar-refractivity contribution in [2.75, 3.05) is 13.1 Å². The van der Waals surface area contributed by atoms with Gasteiger partial charge in [0.1, 0.15) is 5.82 Å². The Balaban J connectivity index is 2.12. The summed E-state index contributed by atoms with van der Waals surface area (Å²) < 4.78 is 13.7. The van der Waals surface area contributed by atoms with Crippen LogP contribution in [-0.4, -0.2) is 24.0 Å². The predicted molar refractivity (Wildman–Crippen MR) is 80.7 cm³/mol. The molecular formula is C17H23FN2. The maximum Gasteiger partial charge on any atom is 0.138 e. The molecule has 2 N–H and O–H groups in total.